The summed E-state index contributed by atoms with van der Waals surface area (Å²) < 4.78 is 0. The number of aliphatic hydroxyl groups is 1. The predicted molar refractivity (Wildman–Crippen MR) is 71.9 cm³/mol. The summed E-state index contributed by atoms with van der Waals surface area (Å²) in [7, 11) is 0. The summed E-state index contributed by atoms with van der Waals surface area (Å²) in [6.07, 6.45) is 2.91. The molecule has 0 aromatic heterocycles. The van der Waals surface area contributed by atoms with Gasteiger partial charge in [0.1, 0.15) is 0 Å². The lowest BCUT2D eigenvalue weighted by molar-refractivity contribution is 0.0923. The molecule has 0 bridgehead atoms. The van der Waals surface area contributed by atoms with Gasteiger partial charge in [0.15, 0.2) is 0 Å². The molecule has 0 saturated heterocycles. The van der Waals surface area contributed by atoms with E-state index >= 15 is 0 Å². The van der Waals surface area contributed by atoms with E-state index in [1.165, 1.54) is 0 Å². The topological polar surface area (TPSA) is 49.3 Å². The van der Waals surface area contributed by atoms with E-state index in [1.807, 2.05) is 6.92 Å². The van der Waals surface area contributed by atoms with Crippen LogP contribution in [0.15, 0.2) is 18.2 Å². The zero-order chi connectivity index (χ0) is 13.1. The van der Waals surface area contributed by atoms with Crippen LogP contribution >= 0.6 is 11.6 Å². The number of carbonyl (C=O) groups excluding carboxylic acids is 1. The molecule has 0 spiro atoms. The Hall–Kier alpha value is -1.06. The Morgan fingerprint density at radius 2 is 2.28 bits per heavy atom. The van der Waals surface area contributed by atoms with Crippen LogP contribution in [0.25, 0.3) is 0 Å². The van der Waals surface area contributed by atoms with E-state index in [9.17, 15) is 4.79 Å². The summed E-state index contributed by atoms with van der Waals surface area (Å²) in [6.45, 7) is 1.99. The molecular weight excluding hydrogens is 250 g/mol. The van der Waals surface area contributed by atoms with E-state index in [-0.39, 0.29) is 18.6 Å². The fraction of sp³-hybridized carbons (Fsp3) is 0.500. The number of hydrogen-bond donors (Lipinski definition) is 2. The number of hydrogen-bond acceptors (Lipinski definition) is 2. The van der Waals surface area contributed by atoms with Crippen LogP contribution in [0.5, 0.6) is 0 Å². The minimum Gasteiger partial charge on any atom is -0.396 e. The van der Waals surface area contributed by atoms with Crippen LogP contribution < -0.4 is 5.32 Å². The van der Waals surface area contributed by atoms with Crippen molar-refractivity contribution in [3.05, 3.63) is 34.3 Å². The van der Waals surface area contributed by atoms with Crippen molar-refractivity contribution >= 4 is 17.5 Å². The van der Waals surface area contributed by atoms with Crippen molar-refractivity contribution in [1.82, 2.24) is 5.32 Å². The smallest absolute Gasteiger partial charge is 0.251 e. The largest absolute Gasteiger partial charge is 0.396 e. The van der Waals surface area contributed by atoms with E-state index in [1.54, 1.807) is 18.2 Å². The van der Waals surface area contributed by atoms with Gasteiger partial charge in [0.25, 0.3) is 5.91 Å². The van der Waals surface area contributed by atoms with Gasteiger partial charge in [0.05, 0.1) is 0 Å². The van der Waals surface area contributed by atoms with Crippen molar-refractivity contribution < 1.29 is 9.90 Å². The third-order valence-electron chi connectivity index (χ3n) is 3.38. The molecule has 1 fully saturated rings. The first-order valence-electron chi connectivity index (χ1n) is 6.29. The van der Waals surface area contributed by atoms with Crippen LogP contribution in [0.3, 0.4) is 0 Å². The van der Waals surface area contributed by atoms with Crippen LogP contribution in [-0.2, 0) is 0 Å². The molecule has 0 heterocycles. The summed E-state index contributed by atoms with van der Waals surface area (Å²) in [6, 6.07) is 5.35. The highest BCUT2D eigenvalue weighted by Crippen LogP contribution is 2.34. The fourth-order valence-corrected chi connectivity index (χ4v) is 2.42. The maximum Gasteiger partial charge on any atom is 0.251 e. The predicted octanol–water partition coefficient (Wildman–Crippen LogP) is 2.54. The third-order valence-corrected chi connectivity index (χ3v) is 3.62. The number of nitrogens with one attached hydrogen (secondary N) is 1. The number of amides is 1. The molecule has 98 valence electrons. The number of aryl methyl sites for hydroxylation is 1. The minimum absolute atomic E-state index is 0.0745. The Kier molecular flexibility index (Phi) is 4.25. The molecule has 1 saturated carbocycles. The van der Waals surface area contributed by atoms with Gasteiger partial charge in [-0.05, 0) is 55.9 Å². The van der Waals surface area contributed by atoms with Crippen molar-refractivity contribution in [2.24, 2.45) is 5.92 Å². The molecule has 2 rings (SSSR count). The van der Waals surface area contributed by atoms with E-state index < -0.39 is 0 Å². The second-order valence-electron chi connectivity index (χ2n) is 4.89. The van der Waals surface area contributed by atoms with Crippen molar-refractivity contribution in [2.75, 3.05) is 6.61 Å². The van der Waals surface area contributed by atoms with Crippen LogP contribution in [0.2, 0.25) is 5.02 Å². The number of aliphatic hydroxyl groups excluding tert-OH is 1. The molecular formula is C14H18ClNO2. The van der Waals surface area contributed by atoms with Crippen LogP contribution in [0.4, 0.5) is 0 Å². The number of carbonyl (C=O) groups is 1. The van der Waals surface area contributed by atoms with Crippen molar-refractivity contribution in [3.8, 4) is 0 Å². The molecule has 18 heavy (non-hydrogen) atoms. The number of benzene rings is 1. The fourth-order valence-electron chi connectivity index (χ4n) is 2.19. The first-order valence-corrected chi connectivity index (χ1v) is 6.67. The monoisotopic (exact) mass is 267 g/mol. The summed E-state index contributed by atoms with van der Waals surface area (Å²) in [5.74, 6) is 0.461. The normalized spacial score (nSPS) is 16.4. The molecule has 3 nitrogen and oxygen atoms in total. The summed E-state index contributed by atoms with van der Waals surface area (Å²) in [5, 5.41) is 12.7. The van der Waals surface area contributed by atoms with Gasteiger partial charge in [0, 0.05) is 23.2 Å². The Morgan fingerprint density at radius 3 is 2.83 bits per heavy atom. The SMILES string of the molecule is Cc1cc(Cl)ccc1C(=O)NC(CCO)C1CC1. The zero-order valence-electron chi connectivity index (χ0n) is 10.4. The highest BCUT2D eigenvalue weighted by atomic mass is 35.5. The summed E-state index contributed by atoms with van der Waals surface area (Å²) in [4.78, 5) is 12.2. The maximum absolute atomic E-state index is 12.2. The van der Waals surface area contributed by atoms with Gasteiger partial charge in [-0.25, -0.2) is 0 Å². The van der Waals surface area contributed by atoms with Gasteiger partial charge in [-0.1, -0.05) is 11.6 Å². The zero-order valence-corrected chi connectivity index (χ0v) is 11.2. The Morgan fingerprint density at radius 1 is 1.56 bits per heavy atom. The molecule has 1 atom stereocenters. The Balaban J connectivity index is 2.05. The average Bonchev–Trinajstić information content (AvgIpc) is 3.11. The molecule has 0 aliphatic heterocycles. The molecule has 4 heteroatoms. The number of rotatable bonds is 5. The highest BCUT2D eigenvalue weighted by molar-refractivity contribution is 6.30. The average molecular weight is 268 g/mol. The number of halogens is 1. The van der Waals surface area contributed by atoms with Gasteiger partial charge in [-0.2, -0.15) is 0 Å². The molecule has 1 aliphatic rings. The molecule has 0 radical (unpaired) electrons. The second-order valence-corrected chi connectivity index (χ2v) is 5.33. The van der Waals surface area contributed by atoms with Gasteiger partial charge in [-0.15, -0.1) is 0 Å². The van der Waals surface area contributed by atoms with Gasteiger partial charge < -0.3 is 10.4 Å². The van der Waals surface area contributed by atoms with Gasteiger partial charge in [-0.3, -0.25) is 4.79 Å². The highest BCUT2D eigenvalue weighted by Gasteiger charge is 2.32. The van der Waals surface area contributed by atoms with E-state index in [0.29, 0.717) is 22.9 Å². The van der Waals surface area contributed by atoms with Gasteiger partial charge in [0.2, 0.25) is 0 Å². The lowest BCUT2D eigenvalue weighted by Crippen LogP contribution is -2.37. The van der Waals surface area contributed by atoms with Gasteiger partial charge >= 0.3 is 0 Å². The van der Waals surface area contributed by atoms with Crippen LogP contribution in [0.1, 0.15) is 35.2 Å². The van der Waals surface area contributed by atoms with Crippen molar-refractivity contribution in [2.45, 2.75) is 32.2 Å². The second kappa shape index (κ2) is 5.72. The molecule has 1 amide bonds. The first-order chi connectivity index (χ1) is 8.61. The quantitative estimate of drug-likeness (QED) is 0.861. The molecule has 1 unspecified atom stereocenters. The Bertz CT molecular complexity index is 443. The Labute approximate surface area is 112 Å². The summed E-state index contributed by atoms with van der Waals surface area (Å²) in [5.41, 5.74) is 1.53. The van der Waals surface area contributed by atoms with E-state index in [4.69, 9.17) is 16.7 Å². The molecule has 2 N–H and O–H groups in total. The minimum atomic E-state index is -0.0745. The molecule has 1 aromatic carbocycles. The van der Waals surface area contributed by atoms with Crippen LogP contribution in [0, 0.1) is 12.8 Å². The van der Waals surface area contributed by atoms with Crippen molar-refractivity contribution in [3.63, 3.8) is 0 Å². The van der Waals surface area contributed by atoms with E-state index in [0.717, 1.165) is 18.4 Å². The molecule has 1 aliphatic carbocycles. The lowest BCUT2D eigenvalue weighted by atomic mass is 10.1. The van der Waals surface area contributed by atoms with E-state index in [2.05, 4.69) is 5.32 Å². The maximum atomic E-state index is 12.2. The first kappa shape index (κ1) is 13.4. The molecule has 1 aromatic rings. The van der Waals surface area contributed by atoms with Crippen molar-refractivity contribution in [1.29, 1.82) is 0 Å². The standard InChI is InChI=1S/C14H18ClNO2/c1-9-8-11(15)4-5-12(9)14(18)16-13(6-7-17)10-2-3-10/h4-5,8,10,13,17H,2-3,6-7H2,1H3,(H,16,18). The third kappa shape index (κ3) is 3.24. The summed E-state index contributed by atoms with van der Waals surface area (Å²) >= 11 is 5.87. The van der Waals surface area contributed by atoms with Crippen LogP contribution in [-0.4, -0.2) is 23.7 Å². The lowest BCUT2D eigenvalue weighted by Gasteiger charge is -2.18.